The molecule has 112 valence electrons. The van der Waals surface area contributed by atoms with Crippen molar-refractivity contribution in [2.45, 2.75) is 64.7 Å². The molecule has 0 heterocycles. The van der Waals surface area contributed by atoms with Crippen LogP contribution in [0.1, 0.15) is 64.7 Å². The molecule has 0 unspecified atom stereocenters. The second kappa shape index (κ2) is 15.5. The maximum atomic E-state index is 10.3. The van der Waals surface area contributed by atoms with Crippen LogP contribution in [-0.2, 0) is 4.79 Å². The van der Waals surface area contributed by atoms with Crippen LogP contribution in [-0.4, -0.2) is 11.1 Å². The van der Waals surface area contributed by atoms with E-state index in [1.165, 1.54) is 12.8 Å². The van der Waals surface area contributed by atoms with E-state index in [4.69, 9.17) is 5.11 Å². The van der Waals surface area contributed by atoms with Gasteiger partial charge in [-0.2, -0.15) is 0 Å². The molecule has 20 heavy (non-hydrogen) atoms. The molecule has 0 radical (unpaired) electrons. The fourth-order valence-electron chi connectivity index (χ4n) is 1.67. The lowest BCUT2D eigenvalue weighted by atomic mass is 10.1. The van der Waals surface area contributed by atoms with Crippen molar-refractivity contribution in [2.75, 3.05) is 0 Å². The Hall–Kier alpha value is -1.53. The molecule has 0 saturated heterocycles. The summed E-state index contributed by atoms with van der Waals surface area (Å²) in [4.78, 5) is 10.3. The zero-order valence-corrected chi connectivity index (χ0v) is 12.7. The lowest BCUT2D eigenvalue weighted by Crippen LogP contribution is -1.92. The van der Waals surface area contributed by atoms with Crippen LogP contribution >= 0.6 is 0 Å². The first-order chi connectivity index (χ1) is 9.77. The van der Waals surface area contributed by atoms with Crippen LogP contribution in [0.3, 0.4) is 0 Å². The number of carbonyl (C=O) groups is 1. The van der Waals surface area contributed by atoms with E-state index >= 15 is 0 Å². The van der Waals surface area contributed by atoms with Crippen molar-refractivity contribution in [1.29, 1.82) is 0 Å². The van der Waals surface area contributed by atoms with Crippen molar-refractivity contribution in [1.82, 2.24) is 0 Å². The highest BCUT2D eigenvalue weighted by Crippen LogP contribution is 2.02. The van der Waals surface area contributed by atoms with Crippen LogP contribution in [0.15, 0.2) is 42.2 Å². The van der Waals surface area contributed by atoms with Gasteiger partial charge in [-0.1, -0.05) is 31.2 Å². The highest BCUT2D eigenvalue weighted by Gasteiger charge is 1.92. The van der Waals surface area contributed by atoms with E-state index in [0.717, 1.165) is 32.1 Å². The third kappa shape index (κ3) is 16.5. The van der Waals surface area contributed by atoms with Gasteiger partial charge in [0, 0.05) is 6.42 Å². The summed E-state index contributed by atoms with van der Waals surface area (Å²) < 4.78 is 0. The Morgan fingerprint density at radius 3 is 2.30 bits per heavy atom. The number of unbranched alkanes of at least 4 members (excludes halogenated alkanes) is 4. The minimum absolute atomic E-state index is 0.248. The van der Waals surface area contributed by atoms with E-state index in [0.29, 0.717) is 6.42 Å². The Balaban J connectivity index is 3.36. The van der Waals surface area contributed by atoms with Crippen molar-refractivity contribution in [3.63, 3.8) is 0 Å². The van der Waals surface area contributed by atoms with Gasteiger partial charge in [-0.3, -0.25) is 4.79 Å². The van der Waals surface area contributed by atoms with E-state index < -0.39 is 5.97 Å². The molecule has 0 spiro atoms. The van der Waals surface area contributed by atoms with Crippen LogP contribution in [0.25, 0.3) is 0 Å². The summed E-state index contributed by atoms with van der Waals surface area (Å²) in [5.41, 5.74) is 3.11. The summed E-state index contributed by atoms with van der Waals surface area (Å²) in [6.45, 7) is 2.15. The van der Waals surface area contributed by atoms with Gasteiger partial charge in [-0.25, -0.2) is 0 Å². The zero-order chi connectivity index (χ0) is 14.9. The fourth-order valence-corrected chi connectivity index (χ4v) is 1.67. The molecule has 0 aromatic heterocycles. The highest BCUT2D eigenvalue weighted by molar-refractivity contribution is 5.66. The van der Waals surface area contributed by atoms with Gasteiger partial charge in [0.05, 0.1) is 0 Å². The first kappa shape index (κ1) is 18.5. The number of aliphatic carboxylic acids is 1. The Labute approximate surface area is 123 Å². The molecule has 0 amide bonds. The van der Waals surface area contributed by atoms with Crippen molar-refractivity contribution >= 4 is 5.97 Å². The van der Waals surface area contributed by atoms with Crippen LogP contribution in [0.2, 0.25) is 0 Å². The van der Waals surface area contributed by atoms with Crippen LogP contribution in [0.5, 0.6) is 0 Å². The summed E-state index contributed by atoms with van der Waals surface area (Å²) in [7, 11) is 0. The maximum absolute atomic E-state index is 10.3. The molecule has 0 aromatic carbocycles. The average molecular weight is 276 g/mol. The van der Waals surface area contributed by atoms with Gasteiger partial charge in [0.25, 0.3) is 0 Å². The van der Waals surface area contributed by atoms with Gasteiger partial charge in [0.2, 0.25) is 0 Å². The molecule has 2 nitrogen and oxygen atoms in total. The number of rotatable bonds is 12. The van der Waals surface area contributed by atoms with Gasteiger partial charge in [0.15, 0.2) is 0 Å². The molecule has 0 aromatic rings. The Morgan fingerprint density at radius 1 is 0.950 bits per heavy atom. The van der Waals surface area contributed by atoms with Gasteiger partial charge in [0.1, 0.15) is 0 Å². The summed E-state index contributed by atoms with van der Waals surface area (Å²) in [5, 5.41) is 8.47. The lowest BCUT2D eigenvalue weighted by Gasteiger charge is -1.92. The summed E-state index contributed by atoms with van der Waals surface area (Å²) in [6, 6.07) is 0. The smallest absolute Gasteiger partial charge is 0.303 e. The minimum Gasteiger partial charge on any atom is -0.481 e. The minimum atomic E-state index is -0.722. The van der Waals surface area contributed by atoms with Gasteiger partial charge in [-0.15, -0.1) is 5.73 Å². The SMILES string of the molecule is CCC=CC/C=C\CCCCC=C=CCCCC(=O)O. The number of carboxylic acid groups (broad SMARTS) is 1. The summed E-state index contributed by atoms with van der Waals surface area (Å²) in [6.07, 6.45) is 21.4. The van der Waals surface area contributed by atoms with E-state index in [1.807, 2.05) is 6.08 Å². The van der Waals surface area contributed by atoms with Gasteiger partial charge in [-0.05, 0) is 63.5 Å². The molecule has 0 aliphatic carbocycles. The summed E-state index contributed by atoms with van der Waals surface area (Å²) >= 11 is 0. The predicted molar refractivity (Wildman–Crippen MR) is 85.8 cm³/mol. The number of allylic oxidation sites excluding steroid dienone is 5. The van der Waals surface area contributed by atoms with Gasteiger partial charge >= 0.3 is 5.97 Å². The van der Waals surface area contributed by atoms with Crippen molar-refractivity contribution < 1.29 is 9.90 Å². The molecule has 0 atom stereocenters. The fraction of sp³-hybridized carbons (Fsp3) is 0.556. The van der Waals surface area contributed by atoms with Crippen molar-refractivity contribution in [2.24, 2.45) is 0 Å². The quantitative estimate of drug-likeness (QED) is 0.293. The average Bonchev–Trinajstić information content (AvgIpc) is 2.43. The highest BCUT2D eigenvalue weighted by atomic mass is 16.4. The van der Waals surface area contributed by atoms with Crippen molar-refractivity contribution in [3.8, 4) is 0 Å². The first-order valence-corrected chi connectivity index (χ1v) is 7.68. The molecular formula is C18H28O2. The van der Waals surface area contributed by atoms with E-state index in [-0.39, 0.29) is 6.42 Å². The Kier molecular flexibility index (Phi) is 14.3. The number of carboxylic acids is 1. The molecule has 0 rings (SSSR count). The van der Waals surface area contributed by atoms with Crippen LogP contribution in [0.4, 0.5) is 0 Å². The second-order valence-corrected chi connectivity index (χ2v) is 4.73. The monoisotopic (exact) mass is 276 g/mol. The number of hydrogen-bond acceptors (Lipinski definition) is 1. The molecule has 1 N–H and O–H groups in total. The maximum Gasteiger partial charge on any atom is 0.303 e. The molecular weight excluding hydrogens is 248 g/mol. The van der Waals surface area contributed by atoms with Gasteiger partial charge < -0.3 is 5.11 Å². The predicted octanol–water partition coefficient (Wildman–Crippen LogP) is 5.43. The third-order valence-corrected chi connectivity index (χ3v) is 2.79. The number of hydrogen-bond donors (Lipinski definition) is 1. The Morgan fingerprint density at radius 2 is 1.60 bits per heavy atom. The van der Waals surface area contributed by atoms with Crippen molar-refractivity contribution in [3.05, 3.63) is 42.2 Å². The zero-order valence-electron chi connectivity index (χ0n) is 12.7. The molecule has 0 bridgehead atoms. The lowest BCUT2D eigenvalue weighted by molar-refractivity contribution is -0.137. The molecule has 0 aliphatic heterocycles. The Bertz CT molecular complexity index is 344. The van der Waals surface area contributed by atoms with E-state index in [9.17, 15) is 4.79 Å². The largest absolute Gasteiger partial charge is 0.481 e. The topological polar surface area (TPSA) is 37.3 Å². The third-order valence-electron chi connectivity index (χ3n) is 2.79. The first-order valence-electron chi connectivity index (χ1n) is 7.68. The molecule has 0 saturated carbocycles. The molecule has 2 heteroatoms. The summed E-state index contributed by atoms with van der Waals surface area (Å²) in [5.74, 6) is -0.722. The normalized spacial score (nSPS) is 10.8. The van der Waals surface area contributed by atoms with Crippen LogP contribution in [0, 0.1) is 0 Å². The molecule has 0 aliphatic rings. The second-order valence-electron chi connectivity index (χ2n) is 4.73. The van der Waals surface area contributed by atoms with E-state index in [2.05, 4.69) is 43.0 Å². The van der Waals surface area contributed by atoms with E-state index in [1.54, 1.807) is 0 Å². The molecule has 0 fully saturated rings. The standard InChI is InChI=1S/C18H28O2/c1-2-3-4-5-6-7-8-9-10-11-12-13-14-15-16-17-18(19)20/h3-4,6-7,12,14H,2,5,8-11,15-17H2,1H3,(H,19,20)/b4-3?,7-6-. The van der Waals surface area contributed by atoms with Crippen LogP contribution < -0.4 is 0 Å².